The number of carbonyl (C=O) groups excluding carboxylic acids is 1. The van der Waals surface area contributed by atoms with E-state index in [0.29, 0.717) is 11.6 Å². The highest BCUT2D eigenvalue weighted by molar-refractivity contribution is 5.92. The van der Waals surface area contributed by atoms with Crippen molar-refractivity contribution in [2.24, 2.45) is 5.92 Å². The fourth-order valence-electron chi connectivity index (χ4n) is 4.67. The molecule has 1 aliphatic carbocycles. The summed E-state index contributed by atoms with van der Waals surface area (Å²) < 4.78 is 0. The van der Waals surface area contributed by atoms with Crippen molar-refractivity contribution in [3.05, 3.63) is 73.8 Å². The molecular weight excluding hydrogens is 422 g/mol. The molecule has 33 heavy (non-hydrogen) atoms. The van der Waals surface area contributed by atoms with Crippen molar-refractivity contribution in [2.45, 2.75) is 70.6 Å². The highest BCUT2D eigenvalue weighted by atomic mass is 16.6. The molecule has 2 aromatic carbocycles. The Hall–Kier alpha value is -3.29. The standard InChI is InChI=1S/C25H31N3O5/c1-2-3-4-5-18-6-8-19(9-7-18)20-10-13-22(14-11-20)26-25(29)16-21-12-15-23(27(30)31)17-24(21)28(32)33/h10-15,17-19H,2-9,16H2,1H3,(H,26,29). The van der Waals surface area contributed by atoms with Crippen molar-refractivity contribution in [3.8, 4) is 0 Å². The van der Waals surface area contributed by atoms with Crippen molar-refractivity contribution in [1.29, 1.82) is 0 Å². The highest BCUT2D eigenvalue weighted by Crippen LogP contribution is 2.38. The minimum Gasteiger partial charge on any atom is -0.326 e. The van der Waals surface area contributed by atoms with E-state index in [0.717, 1.165) is 12.0 Å². The number of nitro benzene ring substituents is 2. The van der Waals surface area contributed by atoms with Gasteiger partial charge in [0, 0.05) is 17.3 Å². The Balaban J connectivity index is 1.55. The maximum atomic E-state index is 12.4. The summed E-state index contributed by atoms with van der Waals surface area (Å²) in [4.78, 5) is 33.2. The maximum absolute atomic E-state index is 12.4. The largest absolute Gasteiger partial charge is 0.326 e. The molecule has 1 N–H and O–H groups in total. The molecule has 1 fully saturated rings. The first-order chi connectivity index (χ1) is 15.9. The number of hydrogen-bond acceptors (Lipinski definition) is 5. The van der Waals surface area contributed by atoms with Gasteiger partial charge < -0.3 is 5.32 Å². The van der Waals surface area contributed by atoms with E-state index in [2.05, 4.69) is 12.2 Å². The number of nitrogens with one attached hydrogen (secondary N) is 1. The second-order valence-corrected chi connectivity index (χ2v) is 8.89. The number of carbonyl (C=O) groups is 1. The summed E-state index contributed by atoms with van der Waals surface area (Å²) in [5.74, 6) is 1.00. The molecule has 0 unspecified atom stereocenters. The second-order valence-electron chi connectivity index (χ2n) is 8.89. The third-order valence-electron chi connectivity index (χ3n) is 6.56. The molecule has 0 spiro atoms. The molecule has 0 aliphatic heterocycles. The van der Waals surface area contributed by atoms with Gasteiger partial charge in [-0.3, -0.25) is 25.0 Å². The second kappa shape index (κ2) is 11.5. The molecule has 1 amide bonds. The smallest absolute Gasteiger partial charge is 0.279 e. The van der Waals surface area contributed by atoms with E-state index in [1.807, 2.05) is 24.3 Å². The van der Waals surface area contributed by atoms with Gasteiger partial charge in [-0.05, 0) is 61.3 Å². The van der Waals surface area contributed by atoms with Gasteiger partial charge in [0.2, 0.25) is 5.91 Å². The van der Waals surface area contributed by atoms with Crippen LogP contribution in [0.4, 0.5) is 17.1 Å². The normalized spacial score (nSPS) is 18.0. The molecule has 2 aromatic rings. The van der Waals surface area contributed by atoms with Crippen LogP contribution in [0.15, 0.2) is 42.5 Å². The number of rotatable bonds is 10. The zero-order valence-corrected chi connectivity index (χ0v) is 19.0. The van der Waals surface area contributed by atoms with E-state index in [4.69, 9.17) is 0 Å². The number of hydrogen-bond donors (Lipinski definition) is 1. The fraction of sp³-hybridized carbons (Fsp3) is 0.480. The van der Waals surface area contributed by atoms with Crippen molar-refractivity contribution in [3.63, 3.8) is 0 Å². The van der Waals surface area contributed by atoms with Gasteiger partial charge in [0.15, 0.2) is 0 Å². The lowest BCUT2D eigenvalue weighted by Gasteiger charge is -2.29. The van der Waals surface area contributed by atoms with Crippen molar-refractivity contribution >= 4 is 23.0 Å². The molecule has 0 atom stereocenters. The molecule has 1 aliphatic rings. The van der Waals surface area contributed by atoms with Crippen LogP contribution in [-0.4, -0.2) is 15.8 Å². The van der Waals surface area contributed by atoms with E-state index < -0.39 is 21.4 Å². The molecular formula is C25H31N3O5. The predicted octanol–water partition coefficient (Wildman–Crippen LogP) is 6.54. The fourth-order valence-corrected chi connectivity index (χ4v) is 4.67. The van der Waals surface area contributed by atoms with Crippen LogP contribution in [0.3, 0.4) is 0 Å². The summed E-state index contributed by atoms with van der Waals surface area (Å²) in [6, 6.07) is 11.1. The van der Waals surface area contributed by atoms with Gasteiger partial charge in [-0.15, -0.1) is 0 Å². The third kappa shape index (κ3) is 6.84. The topological polar surface area (TPSA) is 115 Å². The summed E-state index contributed by atoms with van der Waals surface area (Å²) in [6.07, 6.45) is 9.99. The van der Waals surface area contributed by atoms with E-state index in [9.17, 15) is 25.0 Å². The highest BCUT2D eigenvalue weighted by Gasteiger charge is 2.23. The van der Waals surface area contributed by atoms with Gasteiger partial charge in [-0.1, -0.05) is 44.7 Å². The molecule has 0 aromatic heterocycles. The Labute approximate surface area is 193 Å². The number of nitrogens with zero attached hydrogens (tertiary/aromatic N) is 2. The summed E-state index contributed by atoms with van der Waals surface area (Å²) in [5, 5.41) is 24.9. The monoisotopic (exact) mass is 453 g/mol. The Morgan fingerprint density at radius 2 is 1.67 bits per heavy atom. The molecule has 0 saturated heterocycles. The first kappa shape index (κ1) is 24.4. The average Bonchev–Trinajstić information content (AvgIpc) is 2.80. The van der Waals surface area contributed by atoms with Gasteiger partial charge in [0.1, 0.15) is 0 Å². The summed E-state index contributed by atoms with van der Waals surface area (Å²) >= 11 is 0. The van der Waals surface area contributed by atoms with Crippen LogP contribution < -0.4 is 5.32 Å². The first-order valence-electron chi connectivity index (χ1n) is 11.7. The van der Waals surface area contributed by atoms with Gasteiger partial charge in [0.25, 0.3) is 11.4 Å². The third-order valence-corrected chi connectivity index (χ3v) is 6.56. The number of non-ortho nitro benzene ring substituents is 1. The van der Waals surface area contributed by atoms with Crippen LogP contribution in [0.25, 0.3) is 0 Å². The minimum atomic E-state index is -0.705. The molecule has 176 valence electrons. The zero-order chi connectivity index (χ0) is 23.8. The van der Waals surface area contributed by atoms with Crippen LogP contribution in [0.1, 0.15) is 75.3 Å². The summed E-state index contributed by atoms with van der Waals surface area (Å²) in [5.41, 5.74) is 1.24. The average molecular weight is 454 g/mol. The van der Waals surface area contributed by atoms with Gasteiger partial charge >= 0.3 is 0 Å². The lowest BCUT2D eigenvalue weighted by Crippen LogP contribution is -2.16. The van der Waals surface area contributed by atoms with E-state index in [1.165, 1.54) is 69.1 Å². The number of nitro groups is 2. The maximum Gasteiger partial charge on any atom is 0.279 e. The van der Waals surface area contributed by atoms with Crippen molar-refractivity contribution < 1.29 is 14.6 Å². The van der Waals surface area contributed by atoms with E-state index >= 15 is 0 Å². The van der Waals surface area contributed by atoms with Gasteiger partial charge in [-0.2, -0.15) is 0 Å². The lowest BCUT2D eigenvalue weighted by atomic mass is 9.77. The van der Waals surface area contributed by atoms with Gasteiger partial charge in [0.05, 0.1) is 22.3 Å². The molecule has 1 saturated carbocycles. The predicted molar refractivity (Wildman–Crippen MR) is 127 cm³/mol. The number of unbranched alkanes of at least 4 members (excludes halogenated alkanes) is 2. The summed E-state index contributed by atoms with van der Waals surface area (Å²) in [6.45, 7) is 2.24. The molecule has 3 rings (SSSR count). The number of benzene rings is 2. The Kier molecular flexibility index (Phi) is 8.52. The Bertz CT molecular complexity index is 982. The number of amides is 1. The van der Waals surface area contributed by atoms with E-state index in [1.54, 1.807) is 0 Å². The quantitative estimate of drug-likeness (QED) is 0.249. The number of anilines is 1. The van der Waals surface area contributed by atoms with Crippen molar-refractivity contribution in [1.82, 2.24) is 0 Å². The SMILES string of the molecule is CCCCCC1CCC(c2ccc(NC(=O)Cc3ccc([N+](=O)[O-])cc3[N+](=O)[O-])cc2)CC1. The first-order valence-corrected chi connectivity index (χ1v) is 11.7. The molecule has 8 heteroatoms. The van der Waals surface area contributed by atoms with E-state index in [-0.39, 0.29) is 17.7 Å². The van der Waals surface area contributed by atoms with Crippen LogP contribution in [0, 0.1) is 26.1 Å². The molecule has 8 nitrogen and oxygen atoms in total. The van der Waals surface area contributed by atoms with Crippen LogP contribution >= 0.6 is 0 Å². The summed E-state index contributed by atoms with van der Waals surface area (Å²) in [7, 11) is 0. The molecule has 0 radical (unpaired) electrons. The molecule has 0 heterocycles. The van der Waals surface area contributed by atoms with Crippen molar-refractivity contribution in [2.75, 3.05) is 5.32 Å². The minimum absolute atomic E-state index is 0.135. The Morgan fingerprint density at radius 1 is 0.970 bits per heavy atom. The van der Waals surface area contributed by atoms with Crippen LogP contribution in [-0.2, 0) is 11.2 Å². The lowest BCUT2D eigenvalue weighted by molar-refractivity contribution is -0.394. The van der Waals surface area contributed by atoms with Crippen LogP contribution in [0.5, 0.6) is 0 Å². The zero-order valence-electron chi connectivity index (χ0n) is 19.0. The Morgan fingerprint density at radius 3 is 2.27 bits per heavy atom. The van der Waals surface area contributed by atoms with Crippen LogP contribution in [0.2, 0.25) is 0 Å². The van der Waals surface area contributed by atoms with Gasteiger partial charge in [-0.25, -0.2) is 0 Å². The molecule has 0 bridgehead atoms.